The normalized spacial score (nSPS) is 17.7. The number of carbonyl (C=O) groups is 2. The second-order valence-electron chi connectivity index (χ2n) is 6.24. The van der Waals surface area contributed by atoms with Crippen LogP contribution < -0.4 is 10.1 Å². The third kappa shape index (κ3) is 5.67. The van der Waals surface area contributed by atoms with Crippen LogP contribution >= 0.6 is 34.7 Å². The maximum atomic E-state index is 12.8. The van der Waals surface area contributed by atoms with Gasteiger partial charge in [-0.2, -0.15) is 8.42 Å². The lowest BCUT2D eigenvalue weighted by molar-refractivity contribution is -0.127. The van der Waals surface area contributed by atoms with Crippen LogP contribution in [0.2, 0.25) is 4.34 Å². The molecule has 0 radical (unpaired) electrons. The van der Waals surface area contributed by atoms with E-state index in [2.05, 4.69) is 16.3 Å². The zero-order valence-corrected chi connectivity index (χ0v) is 19.5. The van der Waals surface area contributed by atoms with Gasteiger partial charge in [-0.25, -0.2) is 0 Å². The third-order valence-corrected chi connectivity index (χ3v) is 8.31. The standard InChI is InChI=1S/C19H18ClN3O5S3/c1-3-9-23-18(25)14(11-16(24)21-12-5-4-6-13(10-12)28-2)29-19(23)22-31(26,27)17-8-7-15(20)30-17/h3-8,10,14H,1,9,11H2,2H3,(H,21,24)/t14-/m0/s1. The van der Waals surface area contributed by atoms with Crippen LogP contribution in [0.1, 0.15) is 6.42 Å². The minimum Gasteiger partial charge on any atom is -0.497 e. The van der Waals surface area contributed by atoms with Crippen molar-refractivity contribution < 1.29 is 22.7 Å². The van der Waals surface area contributed by atoms with E-state index in [1.165, 1.54) is 30.2 Å². The number of rotatable bonds is 8. The van der Waals surface area contributed by atoms with Crippen molar-refractivity contribution in [3.63, 3.8) is 0 Å². The maximum Gasteiger partial charge on any atom is 0.294 e. The fourth-order valence-electron chi connectivity index (χ4n) is 2.67. The van der Waals surface area contributed by atoms with Crippen LogP contribution in [0.15, 0.2) is 57.7 Å². The van der Waals surface area contributed by atoms with Crippen LogP contribution in [-0.2, 0) is 19.6 Å². The molecule has 2 amide bonds. The average Bonchev–Trinajstić information content (AvgIpc) is 3.28. The summed E-state index contributed by atoms with van der Waals surface area (Å²) in [6, 6.07) is 9.62. The number of anilines is 1. The second kappa shape index (κ2) is 9.86. The summed E-state index contributed by atoms with van der Waals surface area (Å²) in [6.07, 6.45) is 1.31. The molecule has 0 aliphatic carbocycles. The number of benzene rings is 1. The Morgan fingerprint density at radius 1 is 1.39 bits per heavy atom. The average molecular weight is 500 g/mol. The summed E-state index contributed by atoms with van der Waals surface area (Å²) in [7, 11) is -2.53. The Morgan fingerprint density at radius 3 is 2.81 bits per heavy atom. The zero-order chi connectivity index (χ0) is 22.6. The smallest absolute Gasteiger partial charge is 0.294 e. The molecule has 0 spiro atoms. The molecule has 8 nitrogen and oxygen atoms in total. The molecule has 0 saturated carbocycles. The van der Waals surface area contributed by atoms with Crippen molar-refractivity contribution in [3.05, 3.63) is 53.4 Å². The van der Waals surface area contributed by atoms with E-state index in [9.17, 15) is 18.0 Å². The van der Waals surface area contributed by atoms with Crippen LogP contribution in [0.4, 0.5) is 5.69 Å². The van der Waals surface area contributed by atoms with Crippen molar-refractivity contribution in [2.75, 3.05) is 19.0 Å². The summed E-state index contributed by atoms with van der Waals surface area (Å²) in [5, 5.41) is 1.89. The molecule has 1 aliphatic rings. The third-order valence-electron chi connectivity index (χ3n) is 4.06. The summed E-state index contributed by atoms with van der Waals surface area (Å²) >= 11 is 7.62. The highest BCUT2D eigenvalue weighted by molar-refractivity contribution is 8.16. The number of thioether (sulfide) groups is 1. The number of carbonyl (C=O) groups excluding carboxylic acids is 2. The SMILES string of the molecule is C=CCN1C(=O)[C@H](CC(=O)Nc2cccc(OC)c2)SC1=NS(=O)(=O)c1ccc(Cl)s1. The van der Waals surface area contributed by atoms with E-state index in [1.807, 2.05) is 0 Å². The van der Waals surface area contributed by atoms with E-state index >= 15 is 0 Å². The first-order chi connectivity index (χ1) is 14.7. The second-order valence-corrected chi connectivity index (χ2v) is 11.0. The van der Waals surface area contributed by atoms with Gasteiger partial charge in [0, 0.05) is 24.7 Å². The van der Waals surface area contributed by atoms with Gasteiger partial charge >= 0.3 is 0 Å². The Labute approximate surface area is 193 Å². The Bertz CT molecular complexity index is 1150. The lowest BCUT2D eigenvalue weighted by Crippen LogP contribution is -2.33. The van der Waals surface area contributed by atoms with E-state index in [-0.39, 0.29) is 22.3 Å². The van der Waals surface area contributed by atoms with E-state index in [1.54, 1.807) is 24.3 Å². The number of nitrogens with zero attached hydrogens (tertiary/aromatic N) is 2. The van der Waals surface area contributed by atoms with Crippen LogP contribution in [0, 0.1) is 0 Å². The molecule has 0 bridgehead atoms. The fourth-order valence-corrected chi connectivity index (χ4v) is 6.50. The fraction of sp³-hybridized carbons (Fsp3) is 0.211. The van der Waals surface area contributed by atoms with Gasteiger partial charge < -0.3 is 10.1 Å². The van der Waals surface area contributed by atoms with Gasteiger partial charge in [0.1, 0.15) is 15.2 Å². The summed E-state index contributed by atoms with van der Waals surface area (Å²) in [5.74, 6) is -0.231. The van der Waals surface area contributed by atoms with Gasteiger partial charge in [0.25, 0.3) is 10.0 Å². The number of sulfonamides is 1. The van der Waals surface area contributed by atoms with Crippen molar-refractivity contribution >= 4 is 67.4 Å². The topological polar surface area (TPSA) is 105 Å². The van der Waals surface area contributed by atoms with Gasteiger partial charge in [0.15, 0.2) is 5.17 Å². The van der Waals surface area contributed by atoms with Gasteiger partial charge in [-0.05, 0) is 24.3 Å². The van der Waals surface area contributed by atoms with E-state index in [4.69, 9.17) is 16.3 Å². The van der Waals surface area contributed by atoms with E-state index in [0.29, 0.717) is 15.8 Å². The van der Waals surface area contributed by atoms with Crippen molar-refractivity contribution in [2.24, 2.45) is 4.40 Å². The molecule has 1 atom stereocenters. The van der Waals surface area contributed by atoms with Crippen LogP contribution in [-0.4, -0.2) is 49.2 Å². The molecule has 1 aliphatic heterocycles. The molecule has 0 unspecified atom stereocenters. The molecule has 1 aromatic heterocycles. The molecule has 31 heavy (non-hydrogen) atoms. The number of halogens is 1. The Balaban J connectivity index is 1.77. The number of methoxy groups -OCH3 is 1. The summed E-state index contributed by atoms with van der Waals surface area (Å²) in [6.45, 7) is 3.66. The highest BCUT2D eigenvalue weighted by Crippen LogP contribution is 2.33. The zero-order valence-electron chi connectivity index (χ0n) is 16.3. The maximum absolute atomic E-state index is 12.8. The molecule has 1 fully saturated rings. The molecular weight excluding hydrogens is 482 g/mol. The lowest BCUT2D eigenvalue weighted by atomic mass is 10.2. The predicted molar refractivity (Wildman–Crippen MR) is 123 cm³/mol. The summed E-state index contributed by atoms with van der Waals surface area (Å²) in [5.41, 5.74) is 0.522. The highest BCUT2D eigenvalue weighted by Gasteiger charge is 2.39. The number of hydrogen-bond donors (Lipinski definition) is 1. The van der Waals surface area contributed by atoms with Crippen molar-refractivity contribution in [3.8, 4) is 5.75 Å². The molecule has 12 heteroatoms. The summed E-state index contributed by atoms with van der Waals surface area (Å²) in [4.78, 5) is 26.5. The largest absolute Gasteiger partial charge is 0.497 e. The molecular formula is C19H18ClN3O5S3. The van der Waals surface area contributed by atoms with Gasteiger partial charge in [-0.15, -0.1) is 22.3 Å². The minimum atomic E-state index is -4.05. The number of amides is 2. The highest BCUT2D eigenvalue weighted by atomic mass is 35.5. The minimum absolute atomic E-state index is 0.00592. The Morgan fingerprint density at radius 2 is 2.16 bits per heavy atom. The van der Waals surface area contributed by atoms with Crippen molar-refractivity contribution in [1.29, 1.82) is 0 Å². The van der Waals surface area contributed by atoms with Gasteiger partial charge in [-0.1, -0.05) is 35.5 Å². The van der Waals surface area contributed by atoms with E-state index < -0.39 is 27.1 Å². The molecule has 1 N–H and O–H groups in total. The first-order valence-corrected chi connectivity index (χ1v) is 12.4. The lowest BCUT2D eigenvalue weighted by Gasteiger charge is -2.13. The first-order valence-electron chi connectivity index (χ1n) is 8.86. The molecule has 1 saturated heterocycles. The van der Waals surface area contributed by atoms with Gasteiger partial charge in [-0.3, -0.25) is 14.5 Å². The van der Waals surface area contributed by atoms with Crippen LogP contribution in [0.5, 0.6) is 5.75 Å². The molecule has 3 rings (SSSR count). The van der Waals surface area contributed by atoms with E-state index in [0.717, 1.165) is 23.1 Å². The Kier molecular flexibility index (Phi) is 7.42. The van der Waals surface area contributed by atoms with Crippen LogP contribution in [0.3, 0.4) is 0 Å². The first kappa shape index (κ1) is 23.3. The monoisotopic (exact) mass is 499 g/mol. The number of ether oxygens (including phenoxy) is 1. The quantitative estimate of drug-likeness (QED) is 0.556. The van der Waals surface area contributed by atoms with Crippen molar-refractivity contribution in [1.82, 2.24) is 4.90 Å². The Hall–Kier alpha value is -2.34. The van der Waals surface area contributed by atoms with Crippen molar-refractivity contribution in [2.45, 2.75) is 15.9 Å². The van der Waals surface area contributed by atoms with Gasteiger partial charge in [0.2, 0.25) is 11.8 Å². The number of thiophene rings is 1. The molecule has 2 aromatic rings. The molecule has 164 valence electrons. The number of hydrogen-bond acceptors (Lipinski definition) is 7. The number of nitrogens with one attached hydrogen (secondary N) is 1. The van der Waals surface area contributed by atoms with Gasteiger partial charge in [0.05, 0.1) is 11.4 Å². The number of amidine groups is 1. The molecule has 1 aromatic carbocycles. The molecule has 2 heterocycles. The summed E-state index contributed by atoms with van der Waals surface area (Å²) < 4.78 is 34.4. The predicted octanol–water partition coefficient (Wildman–Crippen LogP) is 3.61. The van der Waals surface area contributed by atoms with Crippen LogP contribution in [0.25, 0.3) is 0 Å².